The highest BCUT2D eigenvalue weighted by Gasteiger charge is 2.24. The van der Waals surface area contributed by atoms with Crippen LogP contribution in [0.1, 0.15) is 50.2 Å². The van der Waals surface area contributed by atoms with E-state index in [2.05, 4.69) is 20.5 Å². The number of carbonyl (C=O) groups is 2. The average molecular weight is 505 g/mol. The van der Waals surface area contributed by atoms with Crippen LogP contribution in [0.25, 0.3) is 11.6 Å². The highest BCUT2D eigenvalue weighted by atomic mass is 19.1. The second-order valence-corrected chi connectivity index (χ2v) is 8.23. The highest BCUT2D eigenvalue weighted by molar-refractivity contribution is 6.34. The maximum absolute atomic E-state index is 13.3. The summed E-state index contributed by atoms with van der Waals surface area (Å²) in [6.07, 6.45) is 1.24. The molecule has 36 heavy (non-hydrogen) atoms. The molecule has 1 aromatic heterocycles. The van der Waals surface area contributed by atoms with Gasteiger partial charge in [0.25, 0.3) is 5.91 Å². The van der Waals surface area contributed by atoms with E-state index >= 15 is 0 Å². The molecule has 200 valence electrons. The molecule has 0 radical (unpaired) electrons. The number of carbonyl (C=O) groups excluding carboxylic acids is 2. The summed E-state index contributed by atoms with van der Waals surface area (Å²) in [6.45, 7) is 14.6. The fourth-order valence-electron chi connectivity index (χ4n) is 3.57. The predicted octanol–water partition coefficient (Wildman–Crippen LogP) is 3.74. The van der Waals surface area contributed by atoms with Crippen molar-refractivity contribution in [2.45, 2.75) is 47.6 Å². The van der Waals surface area contributed by atoms with Gasteiger partial charge in [-0.2, -0.15) is 0 Å². The molecule has 3 rings (SSSR count). The number of aryl methyl sites for hydroxylation is 2. The summed E-state index contributed by atoms with van der Waals surface area (Å²) in [7, 11) is 1.65. The van der Waals surface area contributed by atoms with Gasteiger partial charge in [0.1, 0.15) is 5.82 Å². The molecule has 1 aromatic carbocycles. The van der Waals surface area contributed by atoms with Crippen molar-refractivity contribution in [3.63, 3.8) is 0 Å². The molecule has 4 N–H and O–H groups in total. The van der Waals surface area contributed by atoms with Gasteiger partial charge in [-0.25, -0.2) is 4.39 Å². The van der Waals surface area contributed by atoms with E-state index in [-0.39, 0.29) is 17.6 Å². The maximum Gasteiger partial charge on any atom is 0.256 e. The first-order valence-corrected chi connectivity index (χ1v) is 12.3. The number of rotatable bonds is 9. The van der Waals surface area contributed by atoms with Gasteiger partial charge in [-0.05, 0) is 56.3 Å². The fraction of sp³-hybridized carbons (Fsp3) is 0.481. The van der Waals surface area contributed by atoms with Crippen LogP contribution in [0.2, 0.25) is 0 Å². The van der Waals surface area contributed by atoms with Crippen molar-refractivity contribution in [1.82, 2.24) is 15.2 Å². The first-order valence-electron chi connectivity index (χ1n) is 12.3. The molecule has 8 nitrogen and oxygen atoms in total. The summed E-state index contributed by atoms with van der Waals surface area (Å²) in [6, 6.07) is 6.30. The Morgan fingerprint density at radius 1 is 1.28 bits per heavy atom. The number of likely N-dealkylation sites (N-methyl/N-ethyl adjacent to an activating group) is 1. The molecule has 2 amide bonds. The number of anilines is 1. The Balaban J connectivity index is 0.000000348. The number of H-pyrrole nitrogens is 1. The molecule has 0 saturated carbocycles. The molecule has 0 spiro atoms. The van der Waals surface area contributed by atoms with Crippen molar-refractivity contribution >= 4 is 29.2 Å². The first-order chi connectivity index (χ1) is 17.1. The Kier molecular flexibility index (Phi) is 13.7. The van der Waals surface area contributed by atoms with E-state index in [0.29, 0.717) is 36.5 Å². The summed E-state index contributed by atoms with van der Waals surface area (Å²) in [5.41, 5.74) is 4.71. The Hall–Kier alpha value is -3.01. The number of aliphatic hydroxyl groups is 1. The van der Waals surface area contributed by atoms with Crippen molar-refractivity contribution in [3.05, 3.63) is 52.6 Å². The van der Waals surface area contributed by atoms with Gasteiger partial charge in [-0.1, -0.05) is 20.8 Å². The van der Waals surface area contributed by atoms with Gasteiger partial charge >= 0.3 is 0 Å². The number of benzene rings is 1. The van der Waals surface area contributed by atoms with Crippen LogP contribution in [0.15, 0.2) is 24.3 Å². The lowest BCUT2D eigenvalue weighted by atomic mass is 10.1. The van der Waals surface area contributed by atoms with E-state index < -0.39 is 6.10 Å². The van der Waals surface area contributed by atoms with Crippen molar-refractivity contribution in [3.8, 4) is 0 Å². The molecular weight excluding hydrogens is 463 g/mol. The summed E-state index contributed by atoms with van der Waals surface area (Å²) in [5.74, 6) is -0.665. The summed E-state index contributed by atoms with van der Waals surface area (Å²) in [4.78, 5) is 27.8. The summed E-state index contributed by atoms with van der Waals surface area (Å²) < 4.78 is 18.3. The van der Waals surface area contributed by atoms with Crippen molar-refractivity contribution < 1.29 is 23.8 Å². The van der Waals surface area contributed by atoms with Gasteiger partial charge in [-0.15, -0.1) is 0 Å². The number of halogens is 1. The van der Waals surface area contributed by atoms with Crippen LogP contribution in [0.4, 0.5) is 10.1 Å². The average Bonchev–Trinajstić information content (AvgIpc) is 3.33. The van der Waals surface area contributed by atoms with Crippen LogP contribution in [-0.2, 0) is 14.3 Å². The number of aliphatic hydroxyl groups excluding tert-OH is 1. The van der Waals surface area contributed by atoms with Crippen molar-refractivity contribution in [1.29, 1.82) is 0 Å². The molecule has 0 fully saturated rings. The van der Waals surface area contributed by atoms with Gasteiger partial charge < -0.3 is 25.5 Å². The normalized spacial score (nSPS) is 13.8. The first kappa shape index (κ1) is 31.0. The molecule has 2 heterocycles. The fourth-order valence-corrected chi connectivity index (χ4v) is 3.57. The second kappa shape index (κ2) is 15.9. The van der Waals surface area contributed by atoms with Crippen LogP contribution in [0.3, 0.4) is 0 Å². The highest BCUT2D eigenvalue weighted by Crippen LogP contribution is 2.33. The minimum Gasteiger partial charge on any atom is -0.390 e. The van der Waals surface area contributed by atoms with Gasteiger partial charge in [0.15, 0.2) is 0 Å². The molecule has 1 unspecified atom stereocenters. The molecule has 0 aliphatic carbocycles. The number of aromatic nitrogens is 1. The van der Waals surface area contributed by atoms with Gasteiger partial charge in [-0.3, -0.25) is 14.5 Å². The van der Waals surface area contributed by atoms with Crippen LogP contribution >= 0.6 is 0 Å². The molecule has 1 aliphatic heterocycles. The monoisotopic (exact) mass is 504 g/mol. The zero-order valence-corrected chi connectivity index (χ0v) is 22.5. The molecule has 1 atom stereocenters. The standard InChI is InChI=1S/C15H13FN2O.C10H22N2O3.C2H6/c1-8-5-9(2)17-14(8)7-12-11-6-10(16)3-4-13(11)18-15(12)19;1-4-12(5-6-15-3)8-10(14)7-11-9(2)13;1-2/h3-7,17H,1-2H3,(H,18,19);10,14H,4-8H2,1-3H3,(H,11,13);1-2H3/b12-7-;;. The molecule has 9 heteroatoms. The van der Waals surface area contributed by atoms with E-state index in [4.69, 9.17) is 4.74 Å². The smallest absolute Gasteiger partial charge is 0.256 e. The molecular formula is C27H41FN4O4. The van der Waals surface area contributed by atoms with Crippen LogP contribution < -0.4 is 10.6 Å². The third-order valence-electron chi connectivity index (χ3n) is 5.36. The summed E-state index contributed by atoms with van der Waals surface area (Å²) in [5, 5.41) is 14.9. The van der Waals surface area contributed by atoms with Crippen LogP contribution in [-0.4, -0.2) is 72.8 Å². The number of fused-ring (bicyclic) bond motifs is 1. The Labute approximate surface area is 213 Å². The quantitative estimate of drug-likeness (QED) is 0.389. The molecule has 1 aliphatic rings. The largest absolute Gasteiger partial charge is 0.390 e. The minimum atomic E-state index is -0.522. The number of amides is 2. The van der Waals surface area contributed by atoms with Gasteiger partial charge in [0.05, 0.1) is 18.3 Å². The zero-order chi connectivity index (χ0) is 27.3. The predicted molar refractivity (Wildman–Crippen MR) is 143 cm³/mol. The topological polar surface area (TPSA) is 107 Å². The number of nitrogens with zero attached hydrogens (tertiary/aromatic N) is 1. The number of aromatic amines is 1. The van der Waals surface area contributed by atoms with Crippen LogP contribution in [0, 0.1) is 19.7 Å². The maximum atomic E-state index is 13.3. The second-order valence-electron chi connectivity index (χ2n) is 8.23. The lowest BCUT2D eigenvalue weighted by molar-refractivity contribution is -0.119. The lowest BCUT2D eigenvalue weighted by Crippen LogP contribution is -2.40. The number of methoxy groups -OCH3 is 1. The third-order valence-corrected chi connectivity index (χ3v) is 5.36. The minimum absolute atomic E-state index is 0.117. The Morgan fingerprint density at radius 2 is 1.97 bits per heavy atom. The Morgan fingerprint density at radius 3 is 2.53 bits per heavy atom. The molecule has 0 bridgehead atoms. The molecule has 0 saturated heterocycles. The van der Waals surface area contributed by atoms with E-state index in [9.17, 15) is 19.1 Å². The van der Waals surface area contributed by atoms with Crippen LogP contribution in [0.5, 0.6) is 0 Å². The van der Waals surface area contributed by atoms with E-state index in [1.165, 1.54) is 19.1 Å². The third kappa shape index (κ3) is 9.93. The van der Waals surface area contributed by atoms with E-state index in [1.54, 1.807) is 19.3 Å². The SMILES string of the molecule is CC.CCN(CCOC)CC(O)CNC(C)=O.Cc1cc(C)c(/C=C2\C(=O)Nc3ccc(F)cc32)[nH]1. The zero-order valence-electron chi connectivity index (χ0n) is 22.5. The molecule has 2 aromatic rings. The lowest BCUT2D eigenvalue weighted by Gasteiger charge is -2.23. The van der Waals surface area contributed by atoms with E-state index in [1.807, 2.05) is 40.7 Å². The van der Waals surface area contributed by atoms with Gasteiger partial charge in [0.2, 0.25) is 5.91 Å². The van der Waals surface area contributed by atoms with Crippen molar-refractivity contribution in [2.75, 3.05) is 45.2 Å². The number of nitrogens with one attached hydrogen (secondary N) is 3. The number of ether oxygens (including phenoxy) is 1. The van der Waals surface area contributed by atoms with Gasteiger partial charge in [0, 0.05) is 56.3 Å². The van der Waals surface area contributed by atoms with Crippen molar-refractivity contribution in [2.24, 2.45) is 0 Å². The number of hydrogen-bond acceptors (Lipinski definition) is 5. The summed E-state index contributed by atoms with van der Waals surface area (Å²) >= 11 is 0. The number of hydrogen-bond donors (Lipinski definition) is 4. The Bertz CT molecular complexity index is 1020. The van der Waals surface area contributed by atoms with E-state index in [0.717, 1.165) is 30.0 Å².